The highest BCUT2D eigenvalue weighted by molar-refractivity contribution is 7.10. The molecule has 2 aromatic carbocycles. The third kappa shape index (κ3) is 5.53. The van der Waals surface area contributed by atoms with E-state index < -0.39 is 35.0 Å². The van der Waals surface area contributed by atoms with Crippen LogP contribution >= 0.6 is 11.3 Å². The molecule has 0 fully saturated rings. The molecule has 12 heteroatoms. The number of amides is 1. The zero-order valence-corrected chi connectivity index (χ0v) is 19.1. The Hall–Kier alpha value is -3.67. The number of rotatable bonds is 6. The van der Waals surface area contributed by atoms with Crippen molar-refractivity contribution in [1.82, 2.24) is 20.4 Å². The van der Waals surface area contributed by atoms with Crippen LogP contribution in [0.5, 0.6) is 0 Å². The Labute approximate surface area is 199 Å². The smallest absolute Gasteiger partial charge is 0.351 e. The number of halogens is 5. The van der Waals surface area contributed by atoms with Crippen molar-refractivity contribution in [3.05, 3.63) is 75.9 Å². The number of carbonyl (C=O) groups excluding carboxylic acids is 1. The van der Waals surface area contributed by atoms with Crippen LogP contribution in [0.2, 0.25) is 0 Å². The van der Waals surface area contributed by atoms with Gasteiger partial charge >= 0.3 is 12.1 Å². The fourth-order valence-electron chi connectivity index (χ4n) is 3.15. The van der Waals surface area contributed by atoms with Gasteiger partial charge in [0.2, 0.25) is 5.82 Å². The van der Waals surface area contributed by atoms with E-state index in [0.717, 1.165) is 6.07 Å². The van der Waals surface area contributed by atoms with Crippen LogP contribution in [0.25, 0.3) is 22.6 Å². The van der Waals surface area contributed by atoms with Gasteiger partial charge in [-0.15, -0.1) is 11.3 Å². The molecule has 1 N–H and O–H groups in total. The molecule has 0 atom stereocenters. The van der Waals surface area contributed by atoms with Crippen LogP contribution in [0.1, 0.15) is 35.1 Å². The van der Waals surface area contributed by atoms with Crippen LogP contribution in [-0.4, -0.2) is 27.6 Å². The van der Waals surface area contributed by atoms with Gasteiger partial charge < -0.3 is 9.84 Å². The number of aromatic nitrogens is 3. The Bertz CT molecular complexity index is 1360. The van der Waals surface area contributed by atoms with Crippen LogP contribution in [-0.2, 0) is 11.6 Å². The molecule has 0 aliphatic carbocycles. The predicted molar refractivity (Wildman–Crippen MR) is 118 cm³/mol. The predicted octanol–water partition coefficient (Wildman–Crippen LogP) is 5.86. The Morgan fingerprint density at radius 2 is 1.74 bits per heavy atom. The molecule has 0 bridgehead atoms. The molecular weight excluding hydrogens is 491 g/mol. The van der Waals surface area contributed by atoms with Crippen molar-refractivity contribution in [2.45, 2.75) is 25.4 Å². The molecule has 35 heavy (non-hydrogen) atoms. The van der Waals surface area contributed by atoms with Gasteiger partial charge in [0.15, 0.2) is 0 Å². The van der Waals surface area contributed by atoms with Gasteiger partial charge in [-0.1, -0.05) is 31.1 Å². The summed E-state index contributed by atoms with van der Waals surface area (Å²) in [6, 6.07) is 8.95. The van der Waals surface area contributed by atoms with E-state index in [9.17, 15) is 26.7 Å². The van der Waals surface area contributed by atoms with Crippen molar-refractivity contribution in [3.8, 4) is 22.6 Å². The maximum atomic E-state index is 13.5. The van der Waals surface area contributed by atoms with Gasteiger partial charge in [-0.3, -0.25) is 4.79 Å². The lowest BCUT2D eigenvalue weighted by atomic mass is 9.94. The van der Waals surface area contributed by atoms with Crippen molar-refractivity contribution >= 4 is 17.2 Å². The largest absolute Gasteiger partial charge is 0.471 e. The second kappa shape index (κ2) is 9.17. The van der Waals surface area contributed by atoms with E-state index in [2.05, 4.69) is 25.0 Å². The van der Waals surface area contributed by atoms with E-state index in [4.69, 9.17) is 0 Å². The average molecular weight is 508 g/mol. The number of alkyl halides is 3. The number of thiazole rings is 1. The van der Waals surface area contributed by atoms with Crippen LogP contribution in [0.15, 0.2) is 52.4 Å². The molecule has 182 valence electrons. The molecule has 1 amide bonds. The van der Waals surface area contributed by atoms with Crippen LogP contribution in [0, 0.1) is 11.6 Å². The molecule has 4 aromatic rings. The summed E-state index contributed by atoms with van der Waals surface area (Å²) >= 11 is 1.29. The van der Waals surface area contributed by atoms with Crippen LogP contribution in [0.4, 0.5) is 22.0 Å². The summed E-state index contributed by atoms with van der Waals surface area (Å²) in [5.74, 6) is -3.66. The lowest BCUT2D eigenvalue weighted by molar-refractivity contribution is -0.159. The second-order valence-electron chi connectivity index (χ2n) is 8.26. The topological polar surface area (TPSA) is 80.9 Å². The summed E-state index contributed by atoms with van der Waals surface area (Å²) in [5, 5.41) is 8.42. The van der Waals surface area contributed by atoms with Gasteiger partial charge in [-0.25, -0.2) is 13.8 Å². The van der Waals surface area contributed by atoms with Gasteiger partial charge in [0, 0.05) is 40.1 Å². The third-order valence-corrected chi connectivity index (χ3v) is 6.19. The minimum absolute atomic E-state index is 0.168. The molecule has 0 saturated carbocycles. The monoisotopic (exact) mass is 508 g/mol. The highest BCUT2D eigenvalue weighted by Gasteiger charge is 2.38. The Balaban J connectivity index is 1.46. The Kier molecular flexibility index (Phi) is 6.41. The summed E-state index contributed by atoms with van der Waals surface area (Å²) in [5.41, 5.74) is 0.456. The highest BCUT2D eigenvalue weighted by atomic mass is 32.1. The maximum absolute atomic E-state index is 13.5. The van der Waals surface area contributed by atoms with Crippen molar-refractivity contribution in [3.63, 3.8) is 0 Å². The summed E-state index contributed by atoms with van der Waals surface area (Å²) in [6.07, 6.45) is -4.77. The first kappa shape index (κ1) is 24.5. The lowest BCUT2D eigenvalue weighted by Gasteiger charge is -2.22. The molecule has 6 nitrogen and oxygen atoms in total. The van der Waals surface area contributed by atoms with E-state index in [1.165, 1.54) is 47.7 Å². The van der Waals surface area contributed by atoms with Crippen LogP contribution in [0.3, 0.4) is 0 Å². The summed E-state index contributed by atoms with van der Waals surface area (Å²) < 4.78 is 69.5. The minimum atomic E-state index is -4.77. The SMILES string of the molecule is CC(C)(CNC(=O)c1cccc(-c2noc(C(F)(F)F)n2)c1)c1nc(-c2cc(F)cc(F)c2)cs1. The molecule has 0 unspecified atom stereocenters. The van der Waals surface area contributed by atoms with Crippen molar-refractivity contribution in [1.29, 1.82) is 0 Å². The number of nitrogens with one attached hydrogen (secondary N) is 1. The lowest BCUT2D eigenvalue weighted by Crippen LogP contribution is -2.36. The van der Waals surface area contributed by atoms with E-state index >= 15 is 0 Å². The molecule has 0 spiro atoms. The number of hydrogen-bond acceptors (Lipinski definition) is 6. The van der Waals surface area contributed by atoms with Crippen molar-refractivity contribution in [2.75, 3.05) is 6.54 Å². The molecule has 0 saturated heterocycles. The zero-order valence-electron chi connectivity index (χ0n) is 18.3. The Morgan fingerprint density at radius 3 is 2.40 bits per heavy atom. The zero-order chi connectivity index (χ0) is 25.4. The highest BCUT2D eigenvalue weighted by Crippen LogP contribution is 2.31. The van der Waals surface area contributed by atoms with Gasteiger partial charge in [-0.2, -0.15) is 18.2 Å². The first-order chi connectivity index (χ1) is 16.4. The molecular formula is C23H17F5N4O2S. The molecule has 0 aliphatic heterocycles. The number of carbonyl (C=O) groups is 1. The standard InChI is InChI=1S/C23H17F5N4O2S/c1-22(2,21-30-17(10-35-21)14-7-15(24)9-16(25)8-14)11-29-19(33)13-5-3-4-12(6-13)18-31-20(34-32-18)23(26,27)28/h3-10H,11H2,1-2H3,(H,29,33). The molecule has 4 rings (SSSR count). The maximum Gasteiger partial charge on any atom is 0.471 e. The Morgan fingerprint density at radius 1 is 1.03 bits per heavy atom. The fourth-order valence-corrected chi connectivity index (χ4v) is 4.11. The minimum Gasteiger partial charge on any atom is -0.351 e. The van der Waals surface area contributed by atoms with E-state index in [1.807, 2.05) is 13.8 Å². The van der Waals surface area contributed by atoms with Crippen molar-refractivity contribution in [2.24, 2.45) is 0 Å². The normalized spacial score (nSPS) is 12.1. The van der Waals surface area contributed by atoms with Gasteiger partial charge in [0.05, 0.1) is 5.69 Å². The number of nitrogens with zero attached hydrogens (tertiary/aromatic N) is 3. The fraction of sp³-hybridized carbons (Fsp3) is 0.217. The second-order valence-corrected chi connectivity index (χ2v) is 9.12. The van der Waals surface area contributed by atoms with E-state index in [-0.39, 0.29) is 23.5 Å². The quantitative estimate of drug-likeness (QED) is 0.330. The van der Waals surface area contributed by atoms with E-state index in [0.29, 0.717) is 16.3 Å². The summed E-state index contributed by atoms with van der Waals surface area (Å²) in [7, 11) is 0. The third-order valence-electron chi connectivity index (χ3n) is 4.98. The molecule has 0 aliphatic rings. The summed E-state index contributed by atoms with van der Waals surface area (Å²) in [4.78, 5) is 20.5. The van der Waals surface area contributed by atoms with E-state index in [1.54, 1.807) is 5.38 Å². The summed E-state index contributed by atoms with van der Waals surface area (Å²) in [6.45, 7) is 3.86. The van der Waals surface area contributed by atoms with Gasteiger partial charge in [0.1, 0.15) is 16.6 Å². The first-order valence-electron chi connectivity index (χ1n) is 10.1. The van der Waals surface area contributed by atoms with Gasteiger partial charge in [0.25, 0.3) is 5.91 Å². The number of hydrogen-bond donors (Lipinski definition) is 1. The number of benzene rings is 2. The average Bonchev–Trinajstić information content (AvgIpc) is 3.47. The van der Waals surface area contributed by atoms with Crippen LogP contribution < -0.4 is 5.32 Å². The van der Waals surface area contributed by atoms with Gasteiger partial charge in [-0.05, 0) is 24.3 Å². The molecule has 2 aromatic heterocycles. The van der Waals surface area contributed by atoms with Crippen molar-refractivity contribution < 1.29 is 31.3 Å². The molecule has 2 heterocycles. The first-order valence-corrected chi connectivity index (χ1v) is 11.0. The molecule has 0 radical (unpaired) electrons.